The van der Waals surface area contributed by atoms with E-state index in [2.05, 4.69) is 31.0 Å². The zero-order valence-electron chi connectivity index (χ0n) is 12.1. The highest BCUT2D eigenvalue weighted by molar-refractivity contribution is 9.10. The molecule has 0 saturated carbocycles. The number of benzene rings is 1. The normalized spacial score (nSPS) is 11.2. The van der Waals surface area contributed by atoms with Crippen molar-refractivity contribution in [3.8, 4) is 11.5 Å². The zero-order chi connectivity index (χ0) is 15.1. The molecule has 1 heterocycles. The Morgan fingerprint density at radius 1 is 1.14 bits per heavy atom. The highest BCUT2D eigenvalue weighted by Gasteiger charge is 2.10. The van der Waals surface area contributed by atoms with Crippen LogP contribution in [0.4, 0.5) is 0 Å². The van der Waals surface area contributed by atoms with Crippen LogP contribution in [-0.2, 0) is 6.54 Å². The van der Waals surface area contributed by atoms with Gasteiger partial charge in [0.1, 0.15) is 0 Å². The Labute approximate surface area is 133 Å². The molecular formula is C15H20BrN3O2. The molecule has 0 aliphatic carbocycles. The molecule has 0 saturated heterocycles. The molecule has 0 unspecified atom stereocenters. The molecule has 2 aromatic rings. The third-order valence-corrected chi connectivity index (χ3v) is 3.69. The number of halogens is 1. The standard InChI is InChI=1S/C15H20BrN3O2/c1-19(9-3-2-4-10-20)11-14-17-18-15(21-14)12-5-7-13(16)8-6-12/h5-8,20H,2-4,9-11H2,1H3. The molecule has 114 valence electrons. The fourth-order valence-corrected chi connectivity index (χ4v) is 2.27. The minimum atomic E-state index is 0.268. The summed E-state index contributed by atoms with van der Waals surface area (Å²) in [6.07, 6.45) is 2.96. The lowest BCUT2D eigenvalue weighted by Crippen LogP contribution is -2.19. The van der Waals surface area contributed by atoms with Gasteiger partial charge in [-0.15, -0.1) is 10.2 Å². The largest absolute Gasteiger partial charge is 0.419 e. The molecule has 0 atom stereocenters. The van der Waals surface area contributed by atoms with E-state index in [9.17, 15) is 0 Å². The van der Waals surface area contributed by atoms with Gasteiger partial charge in [0.25, 0.3) is 0 Å². The van der Waals surface area contributed by atoms with Gasteiger partial charge in [-0.05, 0) is 57.1 Å². The average molecular weight is 354 g/mol. The molecule has 1 N–H and O–H groups in total. The van der Waals surface area contributed by atoms with Crippen molar-refractivity contribution in [3.05, 3.63) is 34.6 Å². The van der Waals surface area contributed by atoms with Gasteiger partial charge < -0.3 is 9.52 Å². The van der Waals surface area contributed by atoms with Gasteiger partial charge in [-0.2, -0.15) is 0 Å². The zero-order valence-corrected chi connectivity index (χ0v) is 13.7. The van der Waals surface area contributed by atoms with Crippen LogP contribution in [-0.4, -0.2) is 40.4 Å². The summed E-state index contributed by atoms with van der Waals surface area (Å²) in [5.41, 5.74) is 0.919. The van der Waals surface area contributed by atoms with Gasteiger partial charge in [-0.25, -0.2) is 0 Å². The second-order valence-corrected chi connectivity index (χ2v) is 5.95. The minimum Gasteiger partial charge on any atom is -0.419 e. The van der Waals surface area contributed by atoms with Gasteiger partial charge in [-0.1, -0.05) is 15.9 Å². The van der Waals surface area contributed by atoms with Crippen molar-refractivity contribution in [2.45, 2.75) is 25.8 Å². The number of unbranched alkanes of at least 4 members (excludes halogenated alkanes) is 2. The number of aliphatic hydroxyl groups excluding tert-OH is 1. The van der Waals surface area contributed by atoms with E-state index in [1.165, 1.54) is 0 Å². The second-order valence-electron chi connectivity index (χ2n) is 5.03. The molecule has 0 aliphatic rings. The Balaban J connectivity index is 1.86. The molecule has 0 fully saturated rings. The Kier molecular flexibility index (Phi) is 6.35. The highest BCUT2D eigenvalue weighted by Crippen LogP contribution is 2.20. The van der Waals surface area contributed by atoms with Crippen LogP contribution in [0.25, 0.3) is 11.5 Å². The Morgan fingerprint density at radius 3 is 2.62 bits per heavy atom. The number of hydrogen-bond donors (Lipinski definition) is 1. The lowest BCUT2D eigenvalue weighted by molar-refractivity contribution is 0.262. The van der Waals surface area contributed by atoms with Crippen LogP contribution in [0.1, 0.15) is 25.2 Å². The summed E-state index contributed by atoms with van der Waals surface area (Å²) in [5, 5.41) is 16.9. The summed E-state index contributed by atoms with van der Waals surface area (Å²) < 4.78 is 6.71. The number of aliphatic hydroxyl groups is 1. The van der Waals surface area contributed by atoms with Crippen molar-refractivity contribution in [2.24, 2.45) is 0 Å². The van der Waals surface area contributed by atoms with Crippen LogP contribution >= 0.6 is 15.9 Å². The highest BCUT2D eigenvalue weighted by atomic mass is 79.9. The third-order valence-electron chi connectivity index (χ3n) is 3.16. The van der Waals surface area contributed by atoms with Crippen LogP contribution in [0.15, 0.2) is 33.2 Å². The van der Waals surface area contributed by atoms with Crippen molar-refractivity contribution in [1.29, 1.82) is 0 Å². The summed E-state index contributed by atoms with van der Waals surface area (Å²) in [4.78, 5) is 2.15. The summed E-state index contributed by atoms with van der Waals surface area (Å²) in [5.74, 6) is 1.17. The molecule has 6 heteroatoms. The first kappa shape index (κ1) is 16.1. The van der Waals surface area contributed by atoms with E-state index >= 15 is 0 Å². The lowest BCUT2D eigenvalue weighted by Gasteiger charge is -2.13. The number of aromatic nitrogens is 2. The van der Waals surface area contributed by atoms with Gasteiger partial charge in [0, 0.05) is 16.6 Å². The maximum Gasteiger partial charge on any atom is 0.247 e. The third kappa shape index (κ3) is 5.22. The van der Waals surface area contributed by atoms with E-state index in [-0.39, 0.29) is 6.61 Å². The molecular weight excluding hydrogens is 334 g/mol. The Morgan fingerprint density at radius 2 is 1.90 bits per heavy atom. The van der Waals surface area contributed by atoms with Crippen molar-refractivity contribution < 1.29 is 9.52 Å². The van der Waals surface area contributed by atoms with Gasteiger partial charge in [0.15, 0.2) is 0 Å². The number of hydrogen-bond acceptors (Lipinski definition) is 5. The van der Waals surface area contributed by atoms with Gasteiger partial charge in [-0.3, -0.25) is 4.90 Å². The summed E-state index contributed by atoms with van der Waals surface area (Å²) >= 11 is 3.40. The van der Waals surface area contributed by atoms with E-state index in [4.69, 9.17) is 9.52 Å². The fraction of sp³-hybridized carbons (Fsp3) is 0.467. The maximum absolute atomic E-state index is 8.74. The first-order chi connectivity index (χ1) is 10.2. The van der Waals surface area contributed by atoms with Crippen molar-refractivity contribution >= 4 is 15.9 Å². The van der Waals surface area contributed by atoms with Gasteiger partial charge >= 0.3 is 0 Å². The molecule has 0 bridgehead atoms. The predicted molar refractivity (Wildman–Crippen MR) is 84.7 cm³/mol. The predicted octanol–water partition coefficient (Wildman–Crippen LogP) is 3.09. The molecule has 0 amide bonds. The summed E-state index contributed by atoms with van der Waals surface area (Å²) in [7, 11) is 2.03. The summed E-state index contributed by atoms with van der Waals surface area (Å²) in [6.45, 7) is 1.86. The Hall–Kier alpha value is -1.24. The molecule has 1 aromatic carbocycles. The van der Waals surface area contributed by atoms with E-state index in [1.54, 1.807) is 0 Å². The minimum absolute atomic E-state index is 0.268. The Bertz CT molecular complexity index is 542. The topological polar surface area (TPSA) is 62.4 Å². The van der Waals surface area contributed by atoms with Crippen molar-refractivity contribution in [1.82, 2.24) is 15.1 Å². The first-order valence-electron chi connectivity index (χ1n) is 7.07. The van der Waals surface area contributed by atoms with E-state index in [0.717, 1.165) is 35.8 Å². The fourth-order valence-electron chi connectivity index (χ4n) is 2.01. The van der Waals surface area contributed by atoms with Crippen LogP contribution in [0.5, 0.6) is 0 Å². The van der Waals surface area contributed by atoms with E-state index in [0.29, 0.717) is 18.3 Å². The maximum atomic E-state index is 8.74. The van der Waals surface area contributed by atoms with Gasteiger partial charge in [0.05, 0.1) is 6.54 Å². The molecule has 5 nitrogen and oxygen atoms in total. The molecule has 0 aliphatic heterocycles. The summed E-state index contributed by atoms with van der Waals surface area (Å²) in [6, 6.07) is 7.79. The monoisotopic (exact) mass is 353 g/mol. The molecule has 21 heavy (non-hydrogen) atoms. The second kappa shape index (κ2) is 8.26. The number of nitrogens with zero attached hydrogens (tertiary/aromatic N) is 3. The lowest BCUT2D eigenvalue weighted by atomic mass is 10.2. The van der Waals surface area contributed by atoms with Crippen molar-refractivity contribution in [3.63, 3.8) is 0 Å². The SMILES string of the molecule is CN(CCCCCO)Cc1nnc(-c2ccc(Br)cc2)o1. The molecule has 2 rings (SSSR count). The smallest absolute Gasteiger partial charge is 0.247 e. The number of rotatable bonds is 8. The van der Waals surface area contributed by atoms with Crippen LogP contribution in [0, 0.1) is 0 Å². The van der Waals surface area contributed by atoms with Gasteiger partial charge in [0.2, 0.25) is 11.8 Å². The molecule has 0 spiro atoms. The van der Waals surface area contributed by atoms with Crippen LogP contribution in [0.2, 0.25) is 0 Å². The van der Waals surface area contributed by atoms with Crippen LogP contribution < -0.4 is 0 Å². The molecule has 1 aromatic heterocycles. The van der Waals surface area contributed by atoms with E-state index in [1.807, 2.05) is 31.3 Å². The van der Waals surface area contributed by atoms with Crippen molar-refractivity contribution in [2.75, 3.05) is 20.2 Å². The van der Waals surface area contributed by atoms with Crippen LogP contribution in [0.3, 0.4) is 0 Å². The van der Waals surface area contributed by atoms with E-state index < -0.39 is 0 Å². The first-order valence-corrected chi connectivity index (χ1v) is 7.86. The quantitative estimate of drug-likeness (QED) is 0.738. The average Bonchev–Trinajstić information content (AvgIpc) is 2.93. The molecule has 0 radical (unpaired) electrons.